The van der Waals surface area contributed by atoms with Crippen LogP contribution in [0.2, 0.25) is 0 Å². The quantitative estimate of drug-likeness (QED) is 0.0554. The molecule has 0 spiro atoms. The monoisotopic (exact) mass is 620 g/mol. The Morgan fingerprint density at radius 2 is 0.643 bits per heavy atom. The van der Waals surface area contributed by atoms with Gasteiger partial charge in [0, 0.05) is 0 Å². The van der Waals surface area contributed by atoms with Crippen molar-refractivity contribution in [2.45, 2.75) is 207 Å². The summed E-state index contributed by atoms with van der Waals surface area (Å²) in [5.74, 6) is 0. The van der Waals surface area contributed by atoms with Gasteiger partial charge in [-0.25, -0.2) is 4.57 Å². The van der Waals surface area contributed by atoms with Crippen LogP contribution < -0.4 is 5.32 Å². The molecule has 0 aromatic carbocycles. The minimum absolute atomic E-state index is 0.320. The van der Waals surface area contributed by atoms with Crippen LogP contribution in [0.1, 0.15) is 207 Å². The van der Waals surface area contributed by atoms with Crippen LogP contribution in [-0.4, -0.2) is 31.2 Å². The first-order valence-electron chi connectivity index (χ1n) is 18.9. The highest BCUT2D eigenvalue weighted by Crippen LogP contribution is 2.43. The summed E-state index contributed by atoms with van der Waals surface area (Å²) in [5.41, 5.74) is 0. The molecule has 0 unspecified atom stereocenters. The lowest BCUT2D eigenvalue weighted by Gasteiger charge is -2.12. The van der Waals surface area contributed by atoms with Gasteiger partial charge in [-0.05, 0) is 38.8 Å². The van der Waals surface area contributed by atoms with Crippen molar-refractivity contribution in [3.8, 4) is 0 Å². The van der Waals surface area contributed by atoms with E-state index in [9.17, 15) is 9.46 Å². The molecule has 42 heavy (non-hydrogen) atoms. The van der Waals surface area contributed by atoms with Crippen molar-refractivity contribution in [3.63, 3.8) is 0 Å². The van der Waals surface area contributed by atoms with Crippen LogP contribution in [0.3, 0.4) is 0 Å². The lowest BCUT2D eigenvalue weighted by atomic mass is 10.1. The third kappa shape index (κ3) is 42.2. The molecular formula is C36H78NO4P. The van der Waals surface area contributed by atoms with Crippen LogP contribution in [0.25, 0.3) is 0 Å². The molecule has 6 heteroatoms. The van der Waals surface area contributed by atoms with Crippen molar-refractivity contribution >= 4 is 7.82 Å². The molecule has 0 fully saturated rings. The highest BCUT2D eigenvalue weighted by Gasteiger charge is 2.19. The molecular weight excluding hydrogens is 541 g/mol. The summed E-state index contributed by atoms with van der Waals surface area (Å²) >= 11 is 0. The van der Waals surface area contributed by atoms with Crippen LogP contribution in [0.4, 0.5) is 0 Å². The molecule has 0 rings (SSSR count). The third-order valence-corrected chi connectivity index (χ3v) is 8.94. The van der Waals surface area contributed by atoms with E-state index in [0.29, 0.717) is 13.2 Å². The first-order valence-corrected chi connectivity index (χ1v) is 20.4. The number of rotatable bonds is 34. The van der Waals surface area contributed by atoms with Gasteiger partial charge in [0.15, 0.2) is 0 Å². The van der Waals surface area contributed by atoms with Gasteiger partial charge in [-0.1, -0.05) is 182 Å². The third-order valence-electron chi connectivity index (χ3n) is 7.92. The summed E-state index contributed by atoms with van der Waals surface area (Å²) in [4.78, 5) is 9.63. The summed E-state index contributed by atoms with van der Waals surface area (Å²) in [7, 11) is -3.83. The molecule has 2 N–H and O–H groups in total. The molecule has 0 bridgehead atoms. The number of nitrogens with one attached hydrogen (secondary N) is 1. The minimum atomic E-state index is -3.83. The van der Waals surface area contributed by atoms with E-state index >= 15 is 0 Å². The van der Waals surface area contributed by atoms with Crippen molar-refractivity contribution in [2.75, 3.05) is 26.3 Å². The Hall–Kier alpha value is 0.0700. The van der Waals surface area contributed by atoms with Crippen LogP contribution >= 0.6 is 7.82 Å². The zero-order valence-electron chi connectivity index (χ0n) is 29.2. The summed E-state index contributed by atoms with van der Waals surface area (Å²) < 4.78 is 21.8. The summed E-state index contributed by atoms with van der Waals surface area (Å²) in [5, 5.41) is 3.57. The van der Waals surface area contributed by atoms with Gasteiger partial charge in [0.2, 0.25) is 0 Å². The summed E-state index contributed by atoms with van der Waals surface area (Å²) in [6.07, 6.45) is 36.0. The number of phosphoric ester groups is 1. The molecule has 0 aliphatic heterocycles. The fraction of sp³-hybridized carbons (Fsp3) is 1.00. The zero-order chi connectivity index (χ0) is 31.2. The van der Waals surface area contributed by atoms with Crippen LogP contribution in [-0.2, 0) is 13.6 Å². The van der Waals surface area contributed by atoms with Crippen molar-refractivity contribution < 1.29 is 18.5 Å². The maximum atomic E-state index is 11.7. The highest BCUT2D eigenvalue weighted by atomic mass is 31.2. The highest BCUT2D eigenvalue weighted by molar-refractivity contribution is 7.47. The van der Waals surface area contributed by atoms with Crippen molar-refractivity contribution in [1.29, 1.82) is 0 Å². The van der Waals surface area contributed by atoms with Gasteiger partial charge in [0.05, 0.1) is 13.2 Å². The largest absolute Gasteiger partial charge is 0.472 e. The predicted octanol–water partition coefficient (Wildman–Crippen LogP) is 12.7. The average Bonchev–Trinajstić information content (AvgIpc) is 2.98. The first kappa shape index (κ1) is 44.2. The minimum Gasteiger partial charge on any atom is -0.317 e. The maximum Gasteiger partial charge on any atom is 0.472 e. The van der Waals surface area contributed by atoms with E-state index < -0.39 is 7.82 Å². The molecule has 5 nitrogen and oxygen atoms in total. The number of unbranched alkanes of at least 4 members (excludes halogenated alkanes) is 24. The van der Waals surface area contributed by atoms with Gasteiger partial charge in [-0.2, -0.15) is 0 Å². The van der Waals surface area contributed by atoms with E-state index in [2.05, 4.69) is 33.0 Å². The first-order chi connectivity index (χ1) is 20.5. The van der Waals surface area contributed by atoms with E-state index in [1.165, 1.54) is 167 Å². The second-order valence-electron chi connectivity index (χ2n) is 12.4. The Kier molecular flexibility index (Phi) is 41.1. The smallest absolute Gasteiger partial charge is 0.317 e. The zero-order valence-corrected chi connectivity index (χ0v) is 30.1. The van der Waals surface area contributed by atoms with Crippen LogP contribution in [0.5, 0.6) is 0 Å². The number of hydrogen-bond acceptors (Lipinski definition) is 4. The normalized spacial score (nSPS) is 11.5. The second-order valence-corrected chi connectivity index (χ2v) is 13.8. The summed E-state index contributed by atoms with van der Waals surface area (Å²) in [6.45, 7) is 12.1. The van der Waals surface area contributed by atoms with Gasteiger partial charge in [-0.15, -0.1) is 0 Å². The SMILES string of the molecule is CCCCCCCCCCOP(=O)(O)OCCCCCCCCCC.CCCCCCCCNCCCCCCCC. The van der Waals surface area contributed by atoms with Gasteiger partial charge >= 0.3 is 7.82 Å². The van der Waals surface area contributed by atoms with E-state index in [4.69, 9.17) is 9.05 Å². The Labute approximate surface area is 265 Å². The Morgan fingerprint density at radius 1 is 0.405 bits per heavy atom. The van der Waals surface area contributed by atoms with Crippen molar-refractivity contribution in [2.24, 2.45) is 0 Å². The van der Waals surface area contributed by atoms with Gasteiger partial charge in [0.1, 0.15) is 0 Å². The molecule has 0 saturated carbocycles. The predicted molar refractivity (Wildman–Crippen MR) is 187 cm³/mol. The Balaban J connectivity index is 0. The van der Waals surface area contributed by atoms with Crippen molar-refractivity contribution in [3.05, 3.63) is 0 Å². The van der Waals surface area contributed by atoms with Crippen LogP contribution in [0, 0.1) is 0 Å². The maximum absolute atomic E-state index is 11.7. The molecule has 256 valence electrons. The van der Waals surface area contributed by atoms with E-state index in [1.807, 2.05) is 0 Å². The molecule has 0 saturated heterocycles. The van der Waals surface area contributed by atoms with Crippen LogP contribution in [0.15, 0.2) is 0 Å². The summed E-state index contributed by atoms with van der Waals surface area (Å²) in [6, 6.07) is 0. The number of phosphoric acid groups is 1. The lowest BCUT2D eigenvalue weighted by molar-refractivity contribution is 0.145. The molecule has 0 amide bonds. The molecule has 0 aliphatic carbocycles. The number of hydrogen-bond donors (Lipinski definition) is 2. The van der Waals surface area contributed by atoms with Gasteiger partial charge in [-0.3, -0.25) is 9.05 Å². The second kappa shape index (κ2) is 39.1. The molecule has 0 aliphatic rings. The van der Waals surface area contributed by atoms with Gasteiger partial charge in [0.25, 0.3) is 0 Å². The van der Waals surface area contributed by atoms with Crippen molar-refractivity contribution in [1.82, 2.24) is 5.32 Å². The average molecular weight is 620 g/mol. The topological polar surface area (TPSA) is 67.8 Å². The molecule has 0 atom stereocenters. The lowest BCUT2D eigenvalue weighted by Crippen LogP contribution is -2.16. The van der Waals surface area contributed by atoms with Gasteiger partial charge < -0.3 is 10.2 Å². The fourth-order valence-electron chi connectivity index (χ4n) is 5.05. The van der Waals surface area contributed by atoms with E-state index in [1.54, 1.807) is 0 Å². The fourth-order valence-corrected chi connectivity index (χ4v) is 5.85. The standard InChI is InChI=1S/C20H43O4P.C16H35N/c1-3-5-7-9-11-13-15-17-19-23-25(21,22)24-20-18-16-14-12-10-8-6-4-2;1-3-5-7-9-11-13-15-17-16-14-12-10-8-6-4-2/h3-20H2,1-2H3,(H,21,22);17H,3-16H2,1-2H3. The van der Waals surface area contributed by atoms with E-state index in [-0.39, 0.29) is 0 Å². The molecule has 0 heterocycles. The Bertz CT molecular complexity index is 481. The van der Waals surface area contributed by atoms with E-state index in [0.717, 1.165) is 25.7 Å². The molecule has 0 aromatic rings. The Morgan fingerprint density at radius 3 is 0.929 bits per heavy atom. The molecule has 0 aromatic heterocycles. The molecule has 0 radical (unpaired) electrons.